The first-order valence-corrected chi connectivity index (χ1v) is 11.3. The maximum absolute atomic E-state index is 12.5. The van der Waals surface area contributed by atoms with E-state index in [2.05, 4.69) is 57.2 Å². The van der Waals surface area contributed by atoms with E-state index >= 15 is 0 Å². The van der Waals surface area contributed by atoms with Crippen molar-refractivity contribution in [1.82, 2.24) is 4.57 Å². The Labute approximate surface area is 196 Å². The molecule has 0 amide bonds. The third-order valence-electron chi connectivity index (χ3n) is 6.01. The Morgan fingerprint density at radius 3 is 2.21 bits per heavy atom. The molecule has 0 atom stereocenters. The molecule has 1 heterocycles. The average Bonchev–Trinajstić information content (AvgIpc) is 2.82. The molecule has 3 nitrogen and oxygen atoms in total. The summed E-state index contributed by atoms with van der Waals surface area (Å²) in [5.74, 6) is 0.836. The molecule has 0 bridgehead atoms. The van der Waals surface area contributed by atoms with Crippen molar-refractivity contribution in [2.45, 2.75) is 39.2 Å². The summed E-state index contributed by atoms with van der Waals surface area (Å²) in [6.45, 7) is 7.24. The molecule has 0 unspecified atom stereocenters. The zero-order valence-corrected chi connectivity index (χ0v) is 19.8. The van der Waals surface area contributed by atoms with Crippen molar-refractivity contribution >= 4 is 0 Å². The van der Waals surface area contributed by atoms with Gasteiger partial charge in [-0.05, 0) is 57.3 Å². The van der Waals surface area contributed by atoms with Gasteiger partial charge < -0.3 is 9.30 Å². The third kappa shape index (κ3) is 5.43. The zero-order chi connectivity index (χ0) is 23.4. The van der Waals surface area contributed by atoms with E-state index < -0.39 is 0 Å². The van der Waals surface area contributed by atoms with Gasteiger partial charge in [-0.15, -0.1) is 0 Å². The first-order chi connectivity index (χ1) is 15.8. The van der Waals surface area contributed by atoms with Crippen LogP contribution in [0.5, 0.6) is 5.75 Å². The summed E-state index contributed by atoms with van der Waals surface area (Å²) < 4.78 is 7.30. The van der Waals surface area contributed by atoms with Crippen LogP contribution in [0.15, 0.2) is 95.9 Å². The van der Waals surface area contributed by atoms with Crippen LogP contribution in [0, 0.1) is 0 Å². The molecule has 0 aliphatic heterocycles. The monoisotopic (exact) mass is 437 g/mol. The summed E-state index contributed by atoms with van der Waals surface area (Å²) in [4.78, 5) is 12.5. The Morgan fingerprint density at radius 2 is 1.55 bits per heavy atom. The van der Waals surface area contributed by atoms with Crippen molar-refractivity contribution in [3.63, 3.8) is 0 Å². The minimum absolute atomic E-state index is 0.00956. The number of rotatable bonds is 6. The van der Waals surface area contributed by atoms with Crippen LogP contribution in [0.4, 0.5) is 0 Å². The zero-order valence-electron chi connectivity index (χ0n) is 19.8. The molecule has 4 aromatic rings. The molecule has 168 valence electrons. The number of ether oxygens (including phenoxy) is 1. The standard InChI is InChI=1S/C30H31NO2/c1-30(2,3)26-14-11-24(12-15-26)28-19-27(33-4)16-13-25(28)18-23-10-17-29(32)31(21-23)20-22-8-6-5-7-9-22/h5-17,19,21H,18,20H2,1-4H3. The topological polar surface area (TPSA) is 31.2 Å². The summed E-state index contributed by atoms with van der Waals surface area (Å²) in [6, 6.07) is 28.7. The number of hydrogen-bond donors (Lipinski definition) is 0. The minimum atomic E-state index is 0.00956. The van der Waals surface area contributed by atoms with Crippen molar-refractivity contribution in [3.8, 4) is 16.9 Å². The second-order valence-electron chi connectivity index (χ2n) is 9.52. The molecule has 4 rings (SSSR count). The highest BCUT2D eigenvalue weighted by atomic mass is 16.5. The van der Waals surface area contributed by atoms with Crippen LogP contribution in [0.3, 0.4) is 0 Å². The number of nitrogens with zero attached hydrogens (tertiary/aromatic N) is 1. The van der Waals surface area contributed by atoms with Gasteiger partial charge in [0.1, 0.15) is 5.75 Å². The molecule has 0 radical (unpaired) electrons. The van der Waals surface area contributed by atoms with Crippen LogP contribution < -0.4 is 10.3 Å². The summed E-state index contributed by atoms with van der Waals surface area (Å²) in [7, 11) is 1.70. The fourth-order valence-corrected chi connectivity index (χ4v) is 4.06. The van der Waals surface area contributed by atoms with Gasteiger partial charge in [0.05, 0.1) is 13.7 Å². The van der Waals surface area contributed by atoms with Crippen LogP contribution in [-0.2, 0) is 18.4 Å². The maximum atomic E-state index is 12.5. The van der Waals surface area contributed by atoms with Gasteiger partial charge in [0, 0.05) is 12.3 Å². The van der Waals surface area contributed by atoms with Gasteiger partial charge in [0.15, 0.2) is 0 Å². The molecular weight excluding hydrogens is 406 g/mol. The summed E-state index contributed by atoms with van der Waals surface area (Å²) in [5, 5.41) is 0. The lowest BCUT2D eigenvalue weighted by Crippen LogP contribution is -2.19. The fourth-order valence-electron chi connectivity index (χ4n) is 4.06. The third-order valence-corrected chi connectivity index (χ3v) is 6.01. The van der Waals surface area contributed by atoms with Gasteiger partial charge in [0.2, 0.25) is 0 Å². The Bertz CT molecular complexity index is 1280. The fraction of sp³-hybridized carbons (Fsp3) is 0.233. The molecular formula is C30H31NO2. The first kappa shape index (κ1) is 22.6. The Morgan fingerprint density at radius 1 is 0.818 bits per heavy atom. The smallest absolute Gasteiger partial charge is 0.250 e. The highest BCUT2D eigenvalue weighted by Gasteiger charge is 2.14. The van der Waals surface area contributed by atoms with E-state index in [1.165, 1.54) is 11.1 Å². The van der Waals surface area contributed by atoms with Gasteiger partial charge in [-0.25, -0.2) is 0 Å². The molecule has 0 aliphatic carbocycles. The van der Waals surface area contributed by atoms with Crippen LogP contribution in [-0.4, -0.2) is 11.7 Å². The van der Waals surface area contributed by atoms with Crippen molar-refractivity contribution in [2.24, 2.45) is 0 Å². The van der Waals surface area contributed by atoms with Crippen LogP contribution in [0.1, 0.15) is 43.0 Å². The number of benzene rings is 3. The Kier molecular flexibility index (Phi) is 6.50. The van der Waals surface area contributed by atoms with E-state index in [4.69, 9.17) is 4.74 Å². The predicted molar refractivity (Wildman–Crippen MR) is 136 cm³/mol. The second kappa shape index (κ2) is 9.50. The summed E-state index contributed by atoms with van der Waals surface area (Å²) in [5.41, 5.74) is 7.15. The molecule has 0 saturated heterocycles. The van der Waals surface area contributed by atoms with Gasteiger partial charge in [-0.3, -0.25) is 4.79 Å². The Balaban J connectivity index is 1.67. The molecule has 3 aromatic carbocycles. The number of pyridine rings is 1. The van der Waals surface area contributed by atoms with Crippen LogP contribution >= 0.6 is 0 Å². The van der Waals surface area contributed by atoms with Crippen LogP contribution in [0.25, 0.3) is 11.1 Å². The lowest BCUT2D eigenvalue weighted by Gasteiger charge is -2.20. The largest absolute Gasteiger partial charge is 0.497 e. The predicted octanol–water partition coefficient (Wildman–Crippen LogP) is 6.46. The molecule has 0 spiro atoms. The molecule has 0 fully saturated rings. The Hall–Kier alpha value is -3.59. The molecule has 33 heavy (non-hydrogen) atoms. The molecule has 3 heteroatoms. The van der Waals surface area contributed by atoms with E-state index in [0.29, 0.717) is 6.54 Å². The highest BCUT2D eigenvalue weighted by molar-refractivity contribution is 5.70. The van der Waals surface area contributed by atoms with Crippen molar-refractivity contribution in [3.05, 3.63) is 124 Å². The summed E-state index contributed by atoms with van der Waals surface area (Å²) in [6.07, 6.45) is 2.71. The van der Waals surface area contributed by atoms with E-state index in [1.54, 1.807) is 17.7 Å². The van der Waals surface area contributed by atoms with Crippen LogP contribution in [0.2, 0.25) is 0 Å². The number of hydrogen-bond acceptors (Lipinski definition) is 2. The van der Waals surface area contributed by atoms with E-state index in [1.807, 2.05) is 48.7 Å². The number of methoxy groups -OCH3 is 1. The van der Waals surface area contributed by atoms with E-state index in [-0.39, 0.29) is 11.0 Å². The van der Waals surface area contributed by atoms with Crippen molar-refractivity contribution < 1.29 is 4.74 Å². The quantitative estimate of drug-likeness (QED) is 0.347. The highest BCUT2D eigenvalue weighted by Crippen LogP contribution is 2.32. The maximum Gasteiger partial charge on any atom is 0.250 e. The lowest BCUT2D eigenvalue weighted by molar-refractivity contribution is 0.415. The lowest BCUT2D eigenvalue weighted by atomic mass is 9.85. The van der Waals surface area contributed by atoms with Gasteiger partial charge in [0.25, 0.3) is 5.56 Å². The van der Waals surface area contributed by atoms with E-state index in [0.717, 1.165) is 34.4 Å². The van der Waals surface area contributed by atoms with E-state index in [9.17, 15) is 4.79 Å². The van der Waals surface area contributed by atoms with Crippen molar-refractivity contribution in [2.75, 3.05) is 7.11 Å². The average molecular weight is 438 g/mol. The SMILES string of the molecule is COc1ccc(Cc2ccc(=O)n(Cc3ccccc3)c2)c(-c2ccc(C(C)(C)C)cc2)c1. The normalized spacial score (nSPS) is 11.4. The molecule has 0 aliphatic rings. The first-order valence-electron chi connectivity index (χ1n) is 11.3. The van der Waals surface area contributed by atoms with Crippen molar-refractivity contribution in [1.29, 1.82) is 0 Å². The molecule has 1 aromatic heterocycles. The van der Waals surface area contributed by atoms with Gasteiger partial charge >= 0.3 is 0 Å². The van der Waals surface area contributed by atoms with Gasteiger partial charge in [-0.2, -0.15) is 0 Å². The van der Waals surface area contributed by atoms with Gasteiger partial charge in [-0.1, -0.05) is 87.5 Å². The minimum Gasteiger partial charge on any atom is -0.497 e. The summed E-state index contributed by atoms with van der Waals surface area (Å²) >= 11 is 0. The second-order valence-corrected chi connectivity index (χ2v) is 9.52. The number of aromatic nitrogens is 1. The molecule has 0 saturated carbocycles. The molecule has 0 N–H and O–H groups in total.